The molecule has 0 radical (unpaired) electrons. The standard InChI is InChI=1S/C26H23N3O4S3/c1-16-11-18-12-17(7-8-22(18)33-16)24-19(14-28(27-24)20-5-3-2-4-6-20)13-23-25(30)29(26(34)35-23)21-9-10-36(31,32)15-21/h2-8,12-14,16,21H,9-11,15H2,1H3/b23-13-. The summed E-state index contributed by atoms with van der Waals surface area (Å²) < 4.78 is 32.1. The van der Waals surface area contributed by atoms with Crippen LogP contribution in [0.25, 0.3) is 23.0 Å². The van der Waals surface area contributed by atoms with Crippen molar-refractivity contribution >= 4 is 50.1 Å². The van der Waals surface area contributed by atoms with Gasteiger partial charge in [0.25, 0.3) is 5.91 Å². The number of thiocarbonyl (C=S) groups is 1. The highest BCUT2D eigenvalue weighted by atomic mass is 32.2. The van der Waals surface area contributed by atoms with Crippen LogP contribution in [-0.4, -0.2) is 57.0 Å². The van der Waals surface area contributed by atoms with Gasteiger partial charge in [0, 0.05) is 23.7 Å². The Balaban J connectivity index is 1.40. The van der Waals surface area contributed by atoms with Crippen LogP contribution in [0, 0.1) is 0 Å². The molecule has 6 rings (SSSR count). The smallest absolute Gasteiger partial charge is 0.266 e. The molecule has 3 aliphatic heterocycles. The molecule has 4 heterocycles. The molecule has 0 bridgehead atoms. The van der Waals surface area contributed by atoms with Crippen LogP contribution in [0.3, 0.4) is 0 Å². The number of thioether (sulfide) groups is 1. The van der Waals surface area contributed by atoms with Gasteiger partial charge in [-0.15, -0.1) is 0 Å². The Kier molecular flexibility index (Phi) is 5.77. The van der Waals surface area contributed by atoms with E-state index in [1.54, 1.807) is 4.68 Å². The quantitative estimate of drug-likeness (QED) is 0.364. The lowest BCUT2D eigenvalue weighted by molar-refractivity contribution is -0.123. The third-order valence-corrected chi connectivity index (χ3v) is 9.70. The molecule has 2 unspecified atom stereocenters. The number of amides is 1. The summed E-state index contributed by atoms with van der Waals surface area (Å²) >= 11 is 6.70. The van der Waals surface area contributed by atoms with E-state index in [4.69, 9.17) is 22.1 Å². The minimum atomic E-state index is -3.14. The van der Waals surface area contributed by atoms with E-state index in [2.05, 4.69) is 6.07 Å². The maximum atomic E-state index is 13.3. The topological polar surface area (TPSA) is 81.5 Å². The van der Waals surface area contributed by atoms with E-state index in [-0.39, 0.29) is 23.5 Å². The molecule has 3 aliphatic rings. The number of benzene rings is 2. The van der Waals surface area contributed by atoms with Crippen LogP contribution in [0.5, 0.6) is 5.75 Å². The number of hydrogen-bond acceptors (Lipinski definition) is 7. The Morgan fingerprint density at radius 3 is 2.75 bits per heavy atom. The van der Waals surface area contributed by atoms with Crippen LogP contribution in [-0.2, 0) is 21.1 Å². The first kappa shape index (κ1) is 23.4. The Bertz CT molecular complexity index is 1530. The Morgan fingerprint density at radius 2 is 2.00 bits per heavy atom. The molecule has 0 N–H and O–H groups in total. The van der Waals surface area contributed by atoms with Crippen molar-refractivity contribution in [2.24, 2.45) is 0 Å². The number of rotatable bonds is 4. The Hall–Kier alpha value is -2.95. The molecule has 1 aromatic heterocycles. The predicted molar refractivity (Wildman–Crippen MR) is 145 cm³/mol. The fourth-order valence-electron chi connectivity index (χ4n) is 4.91. The third-order valence-electron chi connectivity index (χ3n) is 6.62. The number of carbonyl (C=O) groups is 1. The van der Waals surface area contributed by atoms with Gasteiger partial charge in [-0.05, 0) is 55.3 Å². The van der Waals surface area contributed by atoms with Crippen molar-refractivity contribution < 1.29 is 17.9 Å². The van der Waals surface area contributed by atoms with Crippen molar-refractivity contribution in [3.63, 3.8) is 0 Å². The van der Waals surface area contributed by atoms with Crippen molar-refractivity contribution in [1.29, 1.82) is 0 Å². The zero-order valence-corrected chi connectivity index (χ0v) is 21.9. The predicted octanol–water partition coefficient (Wildman–Crippen LogP) is 4.25. The molecule has 184 valence electrons. The minimum Gasteiger partial charge on any atom is -0.490 e. The summed E-state index contributed by atoms with van der Waals surface area (Å²) in [4.78, 5) is 15.3. The molecule has 7 nitrogen and oxygen atoms in total. The number of ether oxygens (including phenoxy) is 1. The second kappa shape index (κ2) is 8.86. The average Bonchev–Trinajstić information content (AvgIpc) is 3.59. The zero-order chi connectivity index (χ0) is 25.0. The fraction of sp³-hybridized carbons (Fsp3) is 0.269. The molecular formula is C26H23N3O4S3. The first-order valence-corrected chi connectivity index (χ1v) is 14.7. The lowest BCUT2D eigenvalue weighted by Crippen LogP contribution is -2.39. The molecule has 2 aromatic carbocycles. The Morgan fingerprint density at radius 1 is 1.19 bits per heavy atom. The van der Waals surface area contributed by atoms with E-state index in [1.807, 2.05) is 61.7 Å². The van der Waals surface area contributed by atoms with E-state index in [0.29, 0.717) is 15.6 Å². The summed E-state index contributed by atoms with van der Waals surface area (Å²) in [6.45, 7) is 2.05. The zero-order valence-electron chi connectivity index (χ0n) is 19.5. The number of nitrogens with zero attached hydrogens (tertiary/aromatic N) is 3. The van der Waals surface area contributed by atoms with Crippen molar-refractivity contribution in [3.8, 4) is 22.7 Å². The number of hydrogen-bond donors (Lipinski definition) is 0. The van der Waals surface area contributed by atoms with E-state index < -0.39 is 15.9 Å². The summed E-state index contributed by atoms with van der Waals surface area (Å²) in [5.74, 6) is 0.687. The van der Waals surface area contributed by atoms with Gasteiger partial charge in [-0.1, -0.05) is 42.2 Å². The van der Waals surface area contributed by atoms with Gasteiger partial charge in [-0.3, -0.25) is 9.69 Å². The monoisotopic (exact) mass is 537 g/mol. The number of para-hydroxylation sites is 1. The molecule has 1 amide bonds. The van der Waals surface area contributed by atoms with Crippen molar-refractivity contribution in [2.75, 3.05) is 11.5 Å². The largest absolute Gasteiger partial charge is 0.490 e. The van der Waals surface area contributed by atoms with Crippen LogP contribution >= 0.6 is 24.0 Å². The molecule has 0 saturated carbocycles. The maximum absolute atomic E-state index is 13.3. The molecular weight excluding hydrogens is 515 g/mol. The van der Waals surface area contributed by atoms with Gasteiger partial charge in [0.05, 0.1) is 28.1 Å². The van der Waals surface area contributed by atoms with Crippen molar-refractivity contribution in [3.05, 3.63) is 70.8 Å². The third kappa shape index (κ3) is 4.27. The van der Waals surface area contributed by atoms with Gasteiger partial charge < -0.3 is 4.74 Å². The average molecular weight is 538 g/mol. The van der Waals surface area contributed by atoms with Gasteiger partial charge in [-0.25, -0.2) is 13.1 Å². The number of carbonyl (C=O) groups excluding carboxylic acids is 1. The second-order valence-electron chi connectivity index (χ2n) is 9.28. The van der Waals surface area contributed by atoms with E-state index in [1.165, 1.54) is 16.7 Å². The lowest BCUT2D eigenvalue weighted by Gasteiger charge is -2.20. The molecule has 10 heteroatoms. The fourth-order valence-corrected chi connectivity index (χ4v) is 8.01. The summed E-state index contributed by atoms with van der Waals surface area (Å²) in [5, 5.41) is 4.88. The molecule has 3 aromatic rings. The van der Waals surface area contributed by atoms with E-state index in [0.717, 1.165) is 40.2 Å². The highest BCUT2D eigenvalue weighted by Gasteiger charge is 2.42. The lowest BCUT2D eigenvalue weighted by atomic mass is 10.0. The second-order valence-corrected chi connectivity index (χ2v) is 13.2. The van der Waals surface area contributed by atoms with Gasteiger partial charge >= 0.3 is 0 Å². The normalized spacial score (nSPS) is 23.9. The molecule has 0 spiro atoms. The van der Waals surface area contributed by atoms with Gasteiger partial charge in [-0.2, -0.15) is 5.10 Å². The molecule has 0 aliphatic carbocycles. The van der Waals surface area contributed by atoms with Crippen molar-refractivity contribution in [2.45, 2.75) is 31.9 Å². The van der Waals surface area contributed by atoms with Gasteiger partial charge in [0.1, 0.15) is 21.9 Å². The van der Waals surface area contributed by atoms with Gasteiger partial charge in [0.15, 0.2) is 9.84 Å². The molecule has 2 atom stereocenters. The Labute approximate surface area is 219 Å². The summed E-state index contributed by atoms with van der Waals surface area (Å²) in [6.07, 6.45) is 5.11. The first-order chi connectivity index (χ1) is 17.3. The van der Waals surface area contributed by atoms with Crippen LogP contribution in [0.1, 0.15) is 24.5 Å². The van der Waals surface area contributed by atoms with Gasteiger partial charge in [0.2, 0.25) is 0 Å². The van der Waals surface area contributed by atoms with Crippen LogP contribution in [0.4, 0.5) is 0 Å². The summed E-state index contributed by atoms with van der Waals surface area (Å²) in [6, 6.07) is 15.4. The highest BCUT2D eigenvalue weighted by molar-refractivity contribution is 8.26. The molecule has 2 fully saturated rings. The van der Waals surface area contributed by atoms with E-state index >= 15 is 0 Å². The summed E-state index contributed by atoms with van der Waals surface area (Å²) in [5.41, 5.74) is 4.50. The number of fused-ring (bicyclic) bond motifs is 1. The number of aromatic nitrogens is 2. The van der Waals surface area contributed by atoms with Crippen LogP contribution in [0.2, 0.25) is 0 Å². The minimum absolute atomic E-state index is 0.0421. The number of sulfone groups is 1. The van der Waals surface area contributed by atoms with E-state index in [9.17, 15) is 13.2 Å². The summed E-state index contributed by atoms with van der Waals surface area (Å²) in [7, 11) is -3.14. The highest BCUT2D eigenvalue weighted by Crippen LogP contribution is 2.39. The van der Waals surface area contributed by atoms with Crippen LogP contribution < -0.4 is 4.74 Å². The molecule has 2 saturated heterocycles. The maximum Gasteiger partial charge on any atom is 0.266 e. The van der Waals surface area contributed by atoms with Crippen molar-refractivity contribution in [1.82, 2.24) is 14.7 Å². The first-order valence-electron chi connectivity index (χ1n) is 11.7. The molecule has 36 heavy (non-hydrogen) atoms. The van der Waals surface area contributed by atoms with Crippen LogP contribution in [0.15, 0.2) is 59.6 Å². The SMILES string of the molecule is CC1Cc2cc(-c3nn(-c4ccccc4)cc3/C=C3\SC(=S)N(C4CCS(=O)(=O)C4)C3=O)ccc2O1.